The Kier molecular flexibility index (Phi) is 3.60. The lowest BCUT2D eigenvalue weighted by Crippen LogP contribution is -2.21. The van der Waals surface area contributed by atoms with Crippen molar-refractivity contribution in [3.8, 4) is 0 Å². The summed E-state index contributed by atoms with van der Waals surface area (Å²) in [7, 11) is 0. The number of pyridine rings is 1. The van der Waals surface area contributed by atoms with Gasteiger partial charge in [-0.25, -0.2) is 9.78 Å². The van der Waals surface area contributed by atoms with Crippen molar-refractivity contribution in [1.82, 2.24) is 4.98 Å². The second kappa shape index (κ2) is 5.16. The fraction of sp³-hybridized carbons (Fsp3) is 0.462. The molecule has 1 aliphatic carbocycles. The van der Waals surface area contributed by atoms with Crippen LogP contribution >= 0.6 is 0 Å². The van der Waals surface area contributed by atoms with E-state index in [1.165, 1.54) is 12.3 Å². The highest BCUT2D eigenvalue weighted by atomic mass is 16.4. The summed E-state index contributed by atoms with van der Waals surface area (Å²) in [6.07, 6.45) is 6.25. The highest BCUT2D eigenvalue weighted by Crippen LogP contribution is 2.28. The number of carboxylic acid groups (broad SMARTS) is 1. The molecule has 0 spiro atoms. The summed E-state index contributed by atoms with van der Waals surface area (Å²) < 4.78 is 0. The van der Waals surface area contributed by atoms with E-state index in [9.17, 15) is 9.59 Å². The van der Waals surface area contributed by atoms with Crippen LogP contribution in [0.1, 0.15) is 52.8 Å². The number of aromatic nitrogens is 1. The minimum absolute atomic E-state index is 0.0707. The average Bonchev–Trinajstić information content (AvgIpc) is 2.38. The predicted molar refractivity (Wildman–Crippen MR) is 66.5 cm³/mol. The van der Waals surface area contributed by atoms with Crippen LogP contribution in [0, 0.1) is 5.92 Å². The Morgan fingerprint density at radius 3 is 2.56 bits per heavy atom. The van der Waals surface area contributed by atoms with Crippen molar-refractivity contribution in [3.05, 3.63) is 23.4 Å². The van der Waals surface area contributed by atoms with Gasteiger partial charge in [0.2, 0.25) is 0 Å². The summed E-state index contributed by atoms with van der Waals surface area (Å²) in [6.45, 7) is 0. The van der Waals surface area contributed by atoms with Crippen LogP contribution in [0.25, 0.3) is 0 Å². The van der Waals surface area contributed by atoms with E-state index in [1.54, 1.807) is 0 Å². The fourth-order valence-corrected chi connectivity index (χ4v) is 2.49. The van der Waals surface area contributed by atoms with Crippen LogP contribution in [0.5, 0.6) is 0 Å². The molecule has 96 valence electrons. The van der Waals surface area contributed by atoms with E-state index in [0.717, 1.165) is 32.1 Å². The van der Waals surface area contributed by atoms with Crippen molar-refractivity contribution in [2.75, 3.05) is 5.73 Å². The number of hydrogen-bond donors (Lipinski definition) is 2. The Morgan fingerprint density at radius 2 is 1.94 bits per heavy atom. The molecule has 0 bridgehead atoms. The Labute approximate surface area is 105 Å². The lowest BCUT2D eigenvalue weighted by molar-refractivity contribution is 0.0690. The quantitative estimate of drug-likeness (QED) is 0.799. The predicted octanol–water partition coefficient (Wildman–Crippen LogP) is 2.12. The summed E-state index contributed by atoms with van der Waals surface area (Å²) in [4.78, 5) is 27.2. The average molecular weight is 248 g/mol. The number of ketones is 1. The molecule has 0 aliphatic heterocycles. The van der Waals surface area contributed by atoms with Gasteiger partial charge < -0.3 is 10.8 Å². The molecule has 0 radical (unpaired) electrons. The summed E-state index contributed by atoms with van der Waals surface area (Å²) in [5, 5.41) is 9.12. The van der Waals surface area contributed by atoms with Gasteiger partial charge in [-0.15, -0.1) is 0 Å². The van der Waals surface area contributed by atoms with E-state index >= 15 is 0 Å². The van der Waals surface area contributed by atoms with Crippen molar-refractivity contribution < 1.29 is 14.7 Å². The maximum absolute atomic E-state index is 12.3. The van der Waals surface area contributed by atoms with Gasteiger partial charge in [-0.05, 0) is 18.9 Å². The Balaban J connectivity index is 2.35. The Morgan fingerprint density at radius 1 is 1.28 bits per heavy atom. The normalized spacial score (nSPS) is 16.4. The zero-order valence-electron chi connectivity index (χ0n) is 10.1. The summed E-state index contributed by atoms with van der Waals surface area (Å²) in [6, 6.07) is 1.46. The van der Waals surface area contributed by atoms with Crippen molar-refractivity contribution >= 4 is 17.6 Å². The zero-order chi connectivity index (χ0) is 13.1. The number of hydrogen-bond acceptors (Lipinski definition) is 4. The van der Waals surface area contributed by atoms with Crippen LogP contribution < -0.4 is 5.73 Å². The molecule has 1 aromatic heterocycles. The molecular formula is C13H16N2O3. The van der Waals surface area contributed by atoms with Gasteiger partial charge in [0.15, 0.2) is 5.78 Å². The summed E-state index contributed by atoms with van der Waals surface area (Å²) in [5.41, 5.74) is 5.58. The van der Waals surface area contributed by atoms with Gasteiger partial charge in [-0.2, -0.15) is 0 Å². The SMILES string of the molecule is Nc1nccc(C(=O)C2CCCCC2)c1C(=O)O. The lowest BCUT2D eigenvalue weighted by Gasteiger charge is -2.21. The molecule has 1 aliphatic rings. The third kappa shape index (κ3) is 2.34. The zero-order valence-corrected chi connectivity index (χ0v) is 10.1. The number of Topliss-reactive ketones (excluding diaryl/α,β-unsaturated/α-hetero) is 1. The fourth-order valence-electron chi connectivity index (χ4n) is 2.49. The molecule has 0 saturated heterocycles. The summed E-state index contributed by atoms with van der Waals surface area (Å²) >= 11 is 0. The molecule has 3 N–H and O–H groups in total. The second-order valence-electron chi connectivity index (χ2n) is 4.62. The van der Waals surface area contributed by atoms with Gasteiger partial charge in [0.25, 0.3) is 0 Å². The number of carbonyl (C=O) groups excluding carboxylic acids is 1. The van der Waals surface area contributed by atoms with Gasteiger partial charge in [0, 0.05) is 17.7 Å². The minimum atomic E-state index is -1.19. The molecule has 1 saturated carbocycles. The molecule has 1 aromatic rings. The van der Waals surface area contributed by atoms with E-state index in [0.29, 0.717) is 0 Å². The molecule has 18 heavy (non-hydrogen) atoms. The van der Waals surface area contributed by atoms with Crippen LogP contribution in [-0.2, 0) is 0 Å². The monoisotopic (exact) mass is 248 g/mol. The van der Waals surface area contributed by atoms with Gasteiger partial charge in [-0.3, -0.25) is 4.79 Å². The third-order valence-corrected chi connectivity index (χ3v) is 3.44. The van der Waals surface area contributed by atoms with Crippen molar-refractivity contribution in [2.24, 2.45) is 5.92 Å². The third-order valence-electron chi connectivity index (χ3n) is 3.44. The number of nitrogens with zero attached hydrogens (tertiary/aromatic N) is 1. The first-order chi connectivity index (χ1) is 8.61. The van der Waals surface area contributed by atoms with Gasteiger partial charge >= 0.3 is 5.97 Å². The number of carboxylic acids is 1. The number of rotatable bonds is 3. The Bertz CT molecular complexity index is 479. The van der Waals surface area contributed by atoms with E-state index in [-0.39, 0.29) is 28.6 Å². The molecular weight excluding hydrogens is 232 g/mol. The molecule has 0 unspecified atom stereocenters. The standard InChI is InChI=1S/C13H16N2O3/c14-12-10(13(17)18)9(6-7-15-12)11(16)8-4-2-1-3-5-8/h6-8H,1-5H2,(H2,14,15)(H,17,18). The summed E-state index contributed by atoms with van der Waals surface area (Å²) in [5.74, 6) is -1.47. The molecule has 0 atom stereocenters. The topological polar surface area (TPSA) is 93.3 Å². The van der Waals surface area contributed by atoms with Gasteiger partial charge in [0.1, 0.15) is 11.4 Å². The first-order valence-electron chi connectivity index (χ1n) is 6.13. The minimum Gasteiger partial charge on any atom is -0.478 e. The number of nitrogen functional groups attached to an aromatic ring is 1. The van der Waals surface area contributed by atoms with Crippen molar-refractivity contribution in [1.29, 1.82) is 0 Å². The van der Waals surface area contributed by atoms with E-state index < -0.39 is 5.97 Å². The molecule has 2 rings (SSSR count). The highest BCUT2D eigenvalue weighted by Gasteiger charge is 2.27. The van der Waals surface area contributed by atoms with E-state index in [4.69, 9.17) is 10.8 Å². The van der Waals surface area contributed by atoms with Crippen molar-refractivity contribution in [3.63, 3.8) is 0 Å². The molecule has 0 aromatic carbocycles. The van der Waals surface area contributed by atoms with Crippen LogP contribution in [0.2, 0.25) is 0 Å². The first-order valence-corrected chi connectivity index (χ1v) is 6.13. The first kappa shape index (κ1) is 12.5. The lowest BCUT2D eigenvalue weighted by atomic mass is 9.83. The molecule has 5 heteroatoms. The van der Waals surface area contributed by atoms with Crippen LogP contribution in [0.4, 0.5) is 5.82 Å². The molecule has 1 heterocycles. The molecule has 5 nitrogen and oxygen atoms in total. The van der Waals surface area contributed by atoms with E-state index in [1.807, 2.05) is 0 Å². The maximum Gasteiger partial charge on any atom is 0.340 e. The van der Waals surface area contributed by atoms with Gasteiger partial charge in [-0.1, -0.05) is 19.3 Å². The number of aromatic carboxylic acids is 1. The highest BCUT2D eigenvalue weighted by molar-refractivity contribution is 6.09. The number of anilines is 1. The Hall–Kier alpha value is -1.91. The number of carbonyl (C=O) groups is 2. The van der Waals surface area contributed by atoms with E-state index in [2.05, 4.69) is 4.98 Å². The number of nitrogens with two attached hydrogens (primary N) is 1. The molecule has 1 fully saturated rings. The van der Waals surface area contributed by atoms with Crippen LogP contribution in [0.15, 0.2) is 12.3 Å². The van der Waals surface area contributed by atoms with Gasteiger partial charge in [0.05, 0.1) is 0 Å². The maximum atomic E-state index is 12.3. The van der Waals surface area contributed by atoms with Crippen LogP contribution in [-0.4, -0.2) is 21.8 Å². The van der Waals surface area contributed by atoms with Crippen LogP contribution in [0.3, 0.4) is 0 Å². The smallest absolute Gasteiger partial charge is 0.340 e. The second-order valence-corrected chi connectivity index (χ2v) is 4.62. The largest absolute Gasteiger partial charge is 0.478 e. The van der Waals surface area contributed by atoms with Crippen molar-refractivity contribution in [2.45, 2.75) is 32.1 Å². The molecule has 0 amide bonds.